The van der Waals surface area contributed by atoms with E-state index in [1.54, 1.807) is 24.3 Å². The van der Waals surface area contributed by atoms with Crippen LogP contribution in [0.15, 0.2) is 28.7 Å². The van der Waals surface area contributed by atoms with Gasteiger partial charge in [-0.3, -0.25) is 4.79 Å². The van der Waals surface area contributed by atoms with Crippen molar-refractivity contribution in [3.05, 3.63) is 28.7 Å². The lowest BCUT2D eigenvalue weighted by atomic mass is 9.69. The number of carbonyl (C=O) groups excluding carboxylic acids is 2. The van der Waals surface area contributed by atoms with E-state index >= 15 is 0 Å². The quantitative estimate of drug-likeness (QED) is 0.434. The molecule has 0 saturated heterocycles. The number of urea groups is 1. The number of rotatable bonds is 9. The summed E-state index contributed by atoms with van der Waals surface area (Å²) in [6, 6.07) is 6.84. The summed E-state index contributed by atoms with van der Waals surface area (Å²) in [6.45, 7) is 4.56. The summed E-state index contributed by atoms with van der Waals surface area (Å²) in [5.41, 5.74) is -2.19. The van der Waals surface area contributed by atoms with E-state index in [0.717, 1.165) is 10.9 Å². The highest BCUT2D eigenvalue weighted by molar-refractivity contribution is 9.10. The maximum atomic E-state index is 12.9. The first-order valence-electron chi connectivity index (χ1n) is 10.3. The van der Waals surface area contributed by atoms with Crippen LogP contribution in [0.25, 0.3) is 0 Å². The van der Waals surface area contributed by atoms with Crippen molar-refractivity contribution in [2.24, 2.45) is 5.92 Å². The molecular formula is C21H29BrF3N3O3. The lowest BCUT2D eigenvalue weighted by Crippen LogP contribution is -2.59. The lowest BCUT2D eigenvalue weighted by Gasteiger charge is -2.45. The number of aliphatic hydroxyl groups is 1. The van der Waals surface area contributed by atoms with Crippen molar-refractivity contribution in [2.45, 2.75) is 63.8 Å². The Hall–Kier alpha value is -1.81. The molecule has 1 aliphatic rings. The predicted molar refractivity (Wildman–Crippen MR) is 116 cm³/mol. The third kappa shape index (κ3) is 7.10. The SMILES string of the molecule is CC(C)NC(=O)NCCCCCN(C(=O)C1CC(O)(C(F)(F)F)C1)c1cccc(Br)c1. The minimum absolute atomic E-state index is 0.0475. The Labute approximate surface area is 188 Å². The molecule has 0 spiro atoms. The summed E-state index contributed by atoms with van der Waals surface area (Å²) in [4.78, 5) is 26.0. The Balaban J connectivity index is 1.90. The van der Waals surface area contributed by atoms with Gasteiger partial charge in [0, 0.05) is 35.2 Å². The Morgan fingerprint density at radius 2 is 1.94 bits per heavy atom. The molecule has 0 atom stereocenters. The molecule has 2 rings (SSSR count). The third-order valence-electron chi connectivity index (χ3n) is 5.19. The summed E-state index contributed by atoms with van der Waals surface area (Å²) in [5.74, 6) is -1.28. The average Bonchev–Trinajstić information content (AvgIpc) is 2.62. The number of anilines is 1. The van der Waals surface area contributed by atoms with Gasteiger partial charge >= 0.3 is 12.2 Å². The van der Waals surface area contributed by atoms with Gasteiger partial charge in [0.2, 0.25) is 5.91 Å². The van der Waals surface area contributed by atoms with Crippen molar-refractivity contribution >= 4 is 33.6 Å². The highest BCUT2D eigenvalue weighted by atomic mass is 79.9. The summed E-state index contributed by atoms with van der Waals surface area (Å²) >= 11 is 3.35. The second-order valence-electron chi connectivity index (χ2n) is 8.22. The van der Waals surface area contributed by atoms with Gasteiger partial charge in [-0.05, 0) is 64.2 Å². The molecule has 0 radical (unpaired) electrons. The third-order valence-corrected chi connectivity index (χ3v) is 5.69. The van der Waals surface area contributed by atoms with E-state index in [9.17, 15) is 27.9 Å². The molecule has 10 heteroatoms. The first-order valence-corrected chi connectivity index (χ1v) is 11.1. The summed E-state index contributed by atoms with van der Waals surface area (Å²) in [7, 11) is 0. The fourth-order valence-electron chi connectivity index (χ4n) is 3.48. The molecule has 6 nitrogen and oxygen atoms in total. The first kappa shape index (κ1) is 25.5. The maximum Gasteiger partial charge on any atom is 0.417 e. The van der Waals surface area contributed by atoms with Crippen LogP contribution in [0.1, 0.15) is 46.0 Å². The van der Waals surface area contributed by atoms with Gasteiger partial charge in [-0.25, -0.2) is 4.79 Å². The molecule has 0 bridgehead atoms. The molecule has 0 heterocycles. The monoisotopic (exact) mass is 507 g/mol. The van der Waals surface area contributed by atoms with E-state index in [1.165, 1.54) is 4.90 Å². The zero-order valence-electron chi connectivity index (χ0n) is 17.6. The van der Waals surface area contributed by atoms with Crippen LogP contribution in [-0.2, 0) is 4.79 Å². The minimum Gasteiger partial charge on any atom is -0.380 e. The van der Waals surface area contributed by atoms with Crippen LogP contribution >= 0.6 is 15.9 Å². The van der Waals surface area contributed by atoms with E-state index in [1.807, 2.05) is 13.8 Å². The Morgan fingerprint density at radius 1 is 1.26 bits per heavy atom. The number of nitrogens with one attached hydrogen (secondary N) is 2. The molecule has 174 valence electrons. The molecular weight excluding hydrogens is 479 g/mol. The van der Waals surface area contributed by atoms with E-state index in [0.29, 0.717) is 31.6 Å². The maximum absolute atomic E-state index is 12.9. The van der Waals surface area contributed by atoms with Gasteiger partial charge < -0.3 is 20.6 Å². The van der Waals surface area contributed by atoms with Crippen LogP contribution < -0.4 is 15.5 Å². The van der Waals surface area contributed by atoms with Gasteiger partial charge in [0.1, 0.15) is 0 Å². The minimum atomic E-state index is -4.74. The molecule has 1 saturated carbocycles. The normalized spacial score (nSPS) is 20.8. The van der Waals surface area contributed by atoms with Gasteiger partial charge in [-0.2, -0.15) is 13.2 Å². The van der Waals surface area contributed by atoms with Gasteiger partial charge in [-0.1, -0.05) is 22.0 Å². The van der Waals surface area contributed by atoms with Crippen molar-refractivity contribution in [1.82, 2.24) is 10.6 Å². The van der Waals surface area contributed by atoms with Crippen molar-refractivity contribution in [3.8, 4) is 0 Å². The van der Waals surface area contributed by atoms with Crippen LogP contribution in [0.4, 0.5) is 23.7 Å². The topological polar surface area (TPSA) is 81.7 Å². The molecule has 1 aromatic carbocycles. The molecule has 1 fully saturated rings. The van der Waals surface area contributed by atoms with Crippen LogP contribution in [-0.4, -0.2) is 48.0 Å². The summed E-state index contributed by atoms with van der Waals surface area (Å²) in [6.07, 6.45) is -3.90. The van der Waals surface area contributed by atoms with E-state index in [2.05, 4.69) is 26.6 Å². The standard InChI is InChI=1S/C21H29BrF3N3O3/c1-14(2)27-19(30)26-9-4-3-5-10-28(17-8-6-7-16(22)11-17)18(29)15-12-20(31,13-15)21(23,24)25/h6-8,11,14-15,31H,3-5,9-10,12-13H2,1-2H3,(H2,26,27,30). The Morgan fingerprint density at radius 3 is 2.52 bits per heavy atom. The summed E-state index contributed by atoms with van der Waals surface area (Å²) in [5, 5.41) is 15.2. The Kier molecular flexibility index (Phi) is 8.76. The number of hydrogen-bond donors (Lipinski definition) is 3. The molecule has 0 aromatic heterocycles. The number of carbonyl (C=O) groups is 2. The highest BCUT2D eigenvalue weighted by Crippen LogP contribution is 2.49. The van der Waals surface area contributed by atoms with Crippen molar-refractivity contribution in [3.63, 3.8) is 0 Å². The number of benzene rings is 1. The molecule has 1 aromatic rings. The summed E-state index contributed by atoms with van der Waals surface area (Å²) < 4.78 is 39.5. The molecule has 31 heavy (non-hydrogen) atoms. The van der Waals surface area contributed by atoms with E-state index in [-0.39, 0.29) is 12.1 Å². The molecule has 3 amide bonds. The molecule has 3 N–H and O–H groups in total. The number of unbranched alkanes of at least 4 members (excludes halogenated alkanes) is 2. The van der Waals surface area contributed by atoms with Gasteiger partial charge in [0.05, 0.1) is 0 Å². The van der Waals surface area contributed by atoms with Crippen LogP contribution in [0, 0.1) is 5.92 Å². The zero-order chi connectivity index (χ0) is 23.2. The number of amides is 3. The van der Waals surface area contributed by atoms with Crippen LogP contribution in [0.5, 0.6) is 0 Å². The predicted octanol–water partition coefficient (Wildman–Crippen LogP) is 4.36. The van der Waals surface area contributed by atoms with Crippen molar-refractivity contribution in [2.75, 3.05) is 18.0 Å². The molecule has 1 aliphatic carbocycles. The molecule has 0 aliphatic heterocycles. The number of hydrogen-bond acceptors (Lipinski definition) is 3. The second kappa shape index (κ2) is 10.7. The largest absolute Gasteiger partial charge is 0.417 e. The highest BCUT2D eigenvalue weighted by Gasteiger charge is 2.63. The smallest absolute Gasteiger partial charge is 0.380 e. The van der Waals surface area contributed by atoms with Gasteiger partial charge in [0.25, 0.3) is 0 Å². The van der Waals surface area contributed by atoms with Gasteiger partial charge in [0.15, 0.2) is 5.60 Å². The van der Waals surface area contributed by atoms with Crippen LogP contribution in [0.2, 0.25) is 0 Å². The first-order chi connectivity index (χ1) is 14.4. The van der Waals surface area contributed by atoms with Crippen molar-refractivity contribution in [1.29, 1.82) is 0 Å². The number of nitrogens with zero attached hydrogens (tertiary/aromatic N) is 1. The fourth-order valence-corrected chi connectivity index (χ4v) is 3.87. The number of alkyl halides is 3. The Bertz CT molecular complexity index is 768. The van der Waals surface area contributed by atoms with Gasteiger partial charge in [-0.15, -0.1) is 0 Å². The second-order valence-corrected chi connectivity index (χ2v) is 9.14. The molecule has 0 unspecified atom stereocenters. The number of halogens is 4. The fraction of sp³-hybridized carbons (Fsp3) is 0.619. The zero-order valence-corrected chi connectivity index (χ0v) is 19.2. The average molecular weight is 508 g/mol. The van der Waals surface area contributed by atoms with E-state index < -0.39 is 36.4 Å². The van der Waals surface area contributed by atoms with Crippen LogP contribution in [0.3, 0.4) is 0 Å². The lowest BCUT2D eigenvalue weighted by molar-refractivity contribution is -0.295. The van der Waals surface area contributed by atoms with E-state index in [4.69, 9.17) is 0 Å². The van der Waals surface area contributed by atoms with Crippen molar-refractivity contribution < 1.29 is 27.9 Å².